The van der Waals surface area contributed by atoms with Crippen LogP contribution in [0.1, 0.15) is 5.56 Å². The second-order valence-electron chi connectivity index (χ2n) is 3.57. The molecule has 1 N–H and O–H groups in total. The van der Waals surface area contributed by atoms with Crippen molar-refractivity contribution in [1.29, 1.82) is 0 Å². The van der Waals surface area contributed by atoms with Crippen molar-refractivity contribution in [3.05, 3.63) is 34.9 Å². The van der Waals surface area contributed by atoms with Crippen molar-refractivity contribution in [1.82, 2.24) is 5.01 Å². The Morgan fingerprint density at radius 3 is 2.76 bits per heavy atom. The molecule has 0 spiro atoms. The van der Waals surface area contributed by atoms with Gasteiger partial charge in [0.25, 0.3) is 5.91 Å². The highest BCUT2D eigenvalue weighted by Gasteiger charge is 2.34. The summed E-state index contributed by atoms with van der Waals surface area (Å²) in [4.78, 5) is 22.4. The summed E-state index contributed by atoms with van der Waals surface area (Å²) < 4.78 is 0. The van der Waals surface area contributed by atoms with Gasteiger partial charge in [0, 0.05) is 11.2 Å². The Labute approximate surface area is 102 Å². The fourth-order valence-corrected chi connectivity index (χ4v) is 1.70. The monoisotopic (exact) mass is 252 g/mol. The molecule has 2 rings (SSSR count). The Bertz CT molecular complexity index is 501. The Morgan fingerprint density at radius 1 is 1.47 bits per heavy atom. The van der Waals surface area contributed by atoms with Crippen molar-refractivity contribution < 1.29 is 14.7 Å². The first-order valence-electron chi connectivity index (χ1n) is 4.91. The lowest BCUT2D eigenvalue weighted by Gasteiger charge is -2.13. The molecular formula is C11H9ClN2O3. The van der Waals surface area contributed by atoms with Gasteiger partial charge in [-0.3, -0.25) is 9.59 Å². The minimum atomic E-state index is -1.19. The highest BCUT2D eigenvalue weighted by molar-refractivity contribution is 6.31. The number of aliphatic carboxylic acids is 1. The zero-order valence-corrected chi connectivity index (χ0v) is 9.46. The Balaban J connectivity index is 2.13. The van der Waals surface area contributed by atoms with Crippen LogP contribution in [0.4, 0.5) is 0 Å². The smallest absolute Gasteiger partial charge is 0.321 e. The van der Waals surface area contributed by atoms with Crippen LogP contribution in [0.25, 0.3) is 0 Å². The van der Waals surface area contributed by atoms with Crippen molar-refractivity contribution in [2.75, 3.05) is 0 Å². The number of halogens is 1. The van der Waals surface area contributed by atoms with Gasteiger partial charge in [0.1, 0.15) is 0 Å². The fraction of sp³-hybridized carbons (Fsp3) is 0.182. The van der Waals surface area contributed by atoms with Crippen molar-refractivity contribution in [3.8, 4) is 0 Å². The zero-order chi connectivity index (χ0) is 12.4. The van der Waals surface area contributed by atoms with Gasteiger partial charge in [0.05, 0.1) is 6.54 Å². The van der Waals surface area contributed by atoms with Crippen molar-refractivity contribution in [3.63, 3.8) is 0 Å². The number of hydrogen-bond donors (Lipinski definition) is 1. The average molecular weight is 253 g/mol. The Hall–Kier alpha value is -1.88. The van der Waals surface area contributed by atoms with Gasteiger partial charge in [-0.1, -0.05) is 29.8 Å². The van der Waals surface area contributed by atoms with E-state index in [1.807, 2.05) is 0 Å². The molecule has 0 saturated carbocycles. The predicted molar refractivity (Wildman–Crippen MR) is 61.6 cm³/mol. The van der Waals surface area contributed by atoms with E-state index in [1.165, 1.54) is 0 Å². The molecule has 1 heterocycles. The number of hydrogen-bond acceptors (Lipinski definition) is 3. The number of rotatable bonds is 3. The highest BCUT2D eigenvalue weighted by atomic mass is 35.5. The van der Waals surface area contributed by atoms with E-state index in [9.17, 15) is 9.59 Å². The number of hydrazone groups is 1. The molecule has 0 radical (unpaired) electrons. The molecule has 0 bridgehead atoms. The normalized spacial score (nSPS) is 18.8. The maximum atomic E-state index is 11.6. The predicted octanol–water partition coefficient (Wildman–Crippen LogP) is 1.37. The van der Waals surface area contributed by atoms with E-state index < -0.39 is 17.8 Å². The second kappa shape index (κ2) is 4.55. The zero-order valence-electron chi connectivity index (χ0n) is 8.71. The lowest BCUT2D eigenvalue weighted by molar-refractivity contribution is -0.146. The number of benzene rings is 1. The topological polar surface area (TPSA) is 70.0 Å². The molecule has 0 saturated heterocycles. The number of carbonyl (C=O) groups excluding carboxylic acids is 1. The van der Waals surface area contributed by atoms with E-state index in [0.717, 1.165) is 16.8 Å². The van der Waals surface area contributed by atoms with Crippen LogP contribution in [0.5, 0.6) is 0 Å². The van der Waals surface area contributed by atoms with Crippen LogP contribution in [0, 0.1) is 5.92 Å². The molecule has 17 heavy (non-hydrogen) atoms. The molecule has 1 aliphatic rings. The van der Waals surface area contributed by atoms with Crippen LogP contribution in [0.3, 0.4) is 0 Å². The van der Waals surface area contributed by atoms with Crippen LogP contribution in [0.15, 0.2) is 29.4 Å². The Morgan fingerprint density at radius 2 is 2.18 bits per heavy atom. The molecule has 88 valence electrons. The number of amides is 1. The van der Waals surface area contributed by atoms with Gasteiger partial charge in [-0.2, -0.15) is 5.10 Å². The lowest BCUT2D eigenvalue weighted by atomic mass is 10.1. The first kappa shape index (κ1) is 11.6. The molecule has 0 fully saturated rings. The summed E-state index contributed by atoms with van der Waals surface area (Å²) >= 11 is 5.94. The van der Waals surface area contributed by atoms with Crippen LogP contribution in [0.2, 0.25) is 5.02 Å². The minimum Gasteiger partial charge on any atom is -0.480 e. The van der Waals surface area contributed by atoms with Crippen LogP contribution < -0.4 is 0 Å². The average Bonchev–Trinajstić information content (AvgIpc) is 2.64. The summed E-state index contributed by atoms with van der Waals surface area (Å²) in [6, 6.07) is 7.04. The molecule has 1 aromatic carbocycles. The van der Waals surface area contributed by atoms with Gasteiger partial charge in [0.2, 0.25) is 0 Å². The molecule has 1 aromatic rings. The summed E-state index contributed by atoms with van der Waals surface area (Å²) in [5, 5.41) is 14.2. The number of carbonyl (C=O) groups is 2. The van der Waals surface area contributed by atoms with Crippen LogP contribution >= 0.6 is 11.6 Å². The van der Waals surface area contributed by atoms with E-state index in [2.05, 4.69) is 5.10 Å². The number of nitrogens with zero attached hydrogens (tertiary/aromatic N) is 2. The second-order valence-corrected chi connectivity index (χ2v) is 3.97. The summed E-state index contributed by atoms with van der Waals surface area (Å²) in [5.41, 5.74) is 0.728. The van der Waals surface area contributed by atoms with Gasteiger partial charge < -0.3 is 5.11 Å². The summed E-state index contributed by atoms with van der Waals surface area (Å²) in [5.74, 6) is -2.92. The highest BCUT2D eigenvalue weighted by Crippen LogP contribution is 2.20. The maximum Gasteiger partial charge on any atom is 0.321 e. The molecule has 1 aliphatic heterocycles. The third-order valence-corrected chi connectivity index (χ3v) is 2.79. The summed E-state index contributed by atoms with van der Waals surface area (Å²) in [7, 11) is 0. The molecule has 5 nitrogen and oxygen atoms in total. The van der Waals surface area contributed by atoms with E-state index in [0.29, 0.717) is 5.02 Å². The van der Waals surface area contributed by atoms with Crippen molar-refractivity contribution >= 4 is 29.7 Å². The van der Waals surface area contributed by atoms with E-state index in [1.54, 1.807) is 24.3 Å². The molecule has 0 aromatic heterocycles. The van der Waals surface area contributed by atoms with Crippen molar-refractivity contribution in [2.24, 2.45) is 11.0 Å². The quantitative estimate of drug-likeness (QED) is 0.826. The molecular weight excluding hydrogens is 244 g/mol. The van der Waals surface area contributed by atoms with Gasteiger partial charge in [-0.15, -0.1) is 0 Å². The molecule has 1 unspecified atom stereocenters. The number of carboxylic acid groups (broad SMARTS) is 1. The third kappa shape index (κ3) is 2.29. The maximum absolute atomic E-state index is 11.6. The largest absolute Gasteiger partial charge is 0.480 e. The van der Waals surface area contributed by atoms with Crippen molar-refractivity contribution in [2.45, 2.75) is 6.54 Å². The molecule has 1 atom stereocenters. The van der Waals surface area contributed by atoms with Gasteiger partial charge in [-0.25, -0.2) is 5.01 Å². The lowest BCUT2D eigenvalue weighted by Crippen LogP contribution is -2.30. The van der Waals surface area contributed by atoms with E-state index in [-0.39, 0.29) is 6.54 Å². The van der Waals surface area contributed by atoms with Gasteiger partial charge >= 0.3 is 5.97 Å². The molecule has 6 heteroatoms. The SMILES string of the molecule is O=C(O)C1C=NN(Cc2ccccc2Cl)C1=O. The third-order valence-electron chi connectivity index (χ3n) is 2.42. The van der Waals surface area contributed by atoms with E-state index in [4.69, 9.17) is 16.7 Å². The molecule has 0 aliphatic carbocycles. The van der Waals surface area contributed by atoms with Crippen LogP contribution in [-0.4, -0.2) is 28.2 Å². The Kier molecular flexibility index (Phi) is 3.10. The molecule has 1 amide bonds. The van der Waals surface area contributed by atoms with Gasteiger partial charge in [-0.05, 0) is 11.6 Å². The van der Waals surface area contributed by atoms with E-state index >= 15 is 0 Å². The minimum absolute atomic E-state index is 0.179. The fourth-order valence-electron chi connectivity index (χ4n) is 1.50. The van der Waals surface area contributed by atoms with Gasteiger partial charge in [0.15, 0.2) is 5.92 Å². The first-order chi connectivity index (χ1) is 8.09. The summed E-state index contributed by atoms with van der Waals surface area (Å²) in [6.07, 6.45) is 1.13. The number of carboxylic acids is 1. The standard InChI is InChI=1S/C11H9ClN2O3/c12-9-4-2-1-3-7(9)6-14-10(15)8(5-13-14)11(16)17/h1-5,8H,6H2,(H,16,17). The first-order valence-corrected chi connectivity index (χ1v) is 5.29. The summed E-state index contributed by atoms with van der Waals surface area (Å²) in [6.45, 7) is 0.179. The van der Waals surface area contributed by atoms with Crippen LogP contribution in [-0.2, 0) is 16.1 Å².